The molecule has 7 aromatic rings. The molecule has 4 aromatic carbocycles. The van der Waals surface area contributed by atoms with E-state index >= 15 is 0 Å². The summed E-state index contributed by atoms with van der Waals surface area (Å²) in [5.74, 6) is 2.29. The number of nitrogens with one attached hydrogen (secondary N) is 2. The van der Waals surface area contributed by atoms with Gasteiger partial charge >= 0.3 is 0 Å². The largest absolute Gasteiger partial charge is 0.324 e. The van der Waals surface area contributed by atoms with E-state index in [0.717, 1.165) is 49.3 Å². The van der Waals surface area contributed by atoms with Crippen molar-refractivity contribution in [3.05, 3.63) is 91.0 Å². The molecule has 3 aromatic heterocycles. The molecule has 9 rings (SSSR count). The first-order chi connectivity index (χ1) is 20.7. The van der Waals surface area contributed by atoms with Gasteiger partial charge in [-0.25, -0.2) is 29.9 Å². The third-order valence-corrected chi connectivity index (χ3v) is 8.10. The number of aromatic nitrogens is 8. The molecule has 2 N–H and O–H groups in total. The van der Waals surface area contributed by atoms with Crippen molar-refractivity contribution in [2.75, 3.05) is 0 Å². The lowest BCUT2D eigenvalue weighted by Crippen LogP contribution is -2.08. The van der Waals surface area contributed by atoms with E-state index in [2.05, 4.69) is 9.97 Å². The highest BCUT2D eigenvalue weighted by Crippen LogP contribution is 2.36. The number of halogens is 1. The summed E-state index contributed by atoms with van der Waals surface area (Å²) in [7, 11) is 0. The van der Waals surface area contributed by atoms with Gasteiger partial charge in [0.25, 0.3) is 6.69 Å². The van der Waals surface area contributed by atoms with Gasteiger partial charge < -0.3 is 9.97 Å². The second-order valence-corrected chi connectivity index (χ2v) is 10.5. The Balaban J connectivity index is 1.52. The van der Waals surface area contributed by atoms with Crippen molar-refractivity contribution in [1.29, 1.82) is 0 Å². The van der Waals surface area contributed by atoms with E-state index in [9.17, 15) is 0 Å². The Bertz CT molecular complexity index is 2420. The van der Waals surface area contributed by atoms with E-state index in [1.807, 2.05) is 91.0 Å². The van der Waals surface area contributed by atoms with E-state index in [4.69, 9.17) is 41.4 Å². The molecular formula is C32H18BClN8. The summed E-state index contributed by atoms with van der Waals surface area (Å²) in [4.78, 5) is 36.9. The summed E-state index contributed by atoms with van der Waals surface area (Å²) in [6.07, 6.45) is 0. The number of rotatable bonds is 1. The maximum atomic E-state index is 6.42. The number of aromatic amines is 2. The number of benzene rings is 4. The molecule has 8 bridgehead atoms. The molecule has 2 aliphatic heterocycles. The number of nitrogens with zero attached hydrogens (tertiary/aromatic N) is 6. The summed E-state index contributed by atoms with van der Waals surface area (Å²) in [5.41, 5.74) is 7.20. The second kappa shape index (κ2) is 8.80. The monoisotopic (exact) mass is 560 g/mol. The number of hydrogen-bond acceptors (Lipinski definition) is 6. The number of H-pyrrole nitrogens is 2. The Hall–Kier alpha value is -5.41. The van der Waals surface area contributed by atoms with Crippen LogP contribution >= 0.6 is 11.5 Å². The summed E-state index contributed by atoms with van der Waals surface area (Å²) >= 11 is 6.42. The third kappa shape index (κ3) is 3.37. The van der Waals surface area contributed by atoms with Crippen LogP contribution in [0.25, 0.3) is 89.7 Å². The van der Waals surface area contributed by atoms with Crippen LogP contribution in [0.15, 0.2) is 91.0 Å². The molecule has 0 radical (unpaired) electrons. The van der Waals surface area contributed by atoms with Crippen molar-refractivity contribution in [2.24, 2.45) is 0 Å². The molecule has 0 aliphatic carbocycles. The molecule has 2 aliphatic rings. The minimum absolute atomic E-state index is 0.329. The van der Waals surface area contributed by atoms with Crippen LogP contribution in [0.4, 0.5) is 0 Å². The minimum atomic E-state index is 0.329. The lowest BCUT2D eigenvalue weighted by atomic mass is 9.90. The van der Waals surface area contributed by atoms with Gasteiger partial charge in [-0.1, -0.05) is 96.5 Å². The Labute approximate surface area is 243 Å². The van der Waals surface area contributed by atoms with Crippen molar-refractivity contribution in [2.45, 2.75) is 0 Å². The Morgan fingerprint density at radius 1 is 0.429 bits per heavy atom. The Morgan fingerprint density at radius 3 is 1.33 bits per heavy atom. The van der Waals surface area contributed by atoms with Gasteiger partial charge in [-0.2, -0.15) is 11.5 Å². The lowest BCUT2D eigenvalue weighted by Gasteiger charge is -1.98. The molecule has 0 spiro atoms. The highest BCUT2D eigenvalue weighted by Gasteiger charge is 2.22. The van der Waals surface area contributed by atoms with Crippen LogP contribution in [-0.4, -0.2) is 46.6 Å². The van der Waals surface area contributed by atoms with Crippen molar-refractivity contribution in [3.63, 3.8) is 0 Å². The van der Waals surface area contributed by atoms with Gasteiger partial charge in [0.05, 0.1) is 0 Å². The molecule has 0 saturated carbocycles. The smallest absolute Gasteiger partial charge is 0.266 e. The minimum Gasteiger partial charge on any atom is -0.324 e. The van der Waals surface area contributed by atoms with E-state index in [0.29, 0.717) is 52.6 Å². The van der Waals surface area contributed by atoms with Gasteiger partial charge in [-0.05, 0) is 0 Å². The van der Waals surface area contributed by atoms with Crippen molar-refractivity contribution in [1.82, 2.24) is 39.9 Å². The predicted octanol–water partition coefficient (Wildman–Crippen LogP) is 6.08. The lowest BCUT2D eigenvalue weighted by molar-refractivity contribution is 1.19. The quantitative estimate of drug-likeness (QED) is 0.235. The van der Waals surface area contributed by atoms with Gasteiger partial charge in [-0.3, -0.25) is 0 Å². The molecule has 10 heteroatoms. The van der Waals surface area contributed by atoms with Crippen LogP contribution < -0.4 is 5.46 Å². The zero-order chi connectivity index (χ0) is 27.8. The van der Waals surface area contributed by atoms with E-state index < -0.39 is 0 Å². The summed E-state index contributed by atoms with van der Waals surface area (Å²) in [6, 6.07) is 30.1. The summed E-state index contributed by atoms with van der Waals surface area (Å²) in [5, 5.41) is 3.70. The maximum absolute atomic E-state index is 6.42. The first kappa shape index (κ1) is 23.3. The average molecular weight is 561 g/mol. The SMILES string of the molecule is ClBc1cccc2c3nc4nc(nc5[nH]c(nc6nc(nc([nH]3)c12)-c1ccccc1-6)c1ccccc51)-c1ccccc1-4. The number of hydrogen-bond donors (Lipinski definition) is 2. The Kier molecular flexibility index (Phi) is 4.88. The average Bonchev–Trinajstić information content (AvgIpc) is 3.76. The first-order valence-corrected chi connectivity index (χ1v) is 14.1. The zero-order valence-electron chi connectivity index (χ0n) is 21.9. The zero-order valence-corrected chi connectivity index (χ0v) is 22.7. The fourth-order valence-corrected chi connectivity index (χ4v) is 6.10. The van der Waals surface area contributed by atoms with Gasteiger partial charge in [0.15, 0.2) is 23.3 Å². The standard InChI is InChI=1S/C32H18BClN8/c34-33-23-15-7-14-22-24(23)32-41-30-21-13-6-5-12-20(21)28(39-30)37-26-17-9-2-1-8-16(17)25(35-26)36-27-18-10-3-4-11-19(18)29(38-27)40-31(22)42-32/h1-15,33H,(H2,35,36,37,38,39,40,41,42). The van der Waals surface area contributed by atoms with Gasteiger partial charge in [0, 0.05) is 43.8 Å². The van der Waals surface area contributed by atoms with Crippen molar-refractivity contribution >= 4 is 67.8 Å². The molecule has 42 heavy (non-hydrogen) atoms. The molecule has 196 valence electrons. The molecule has 0 unspecified atom stereocenters. The second-order valence-electron chi connectivity index (χ2n) is 10.2. The van der Waals surface area contributed by atoms with E-state index in [-0.39, 0.29) is 0 Å². The van der Waals surface area contributed by atoms with Gasteiger partial charge in [0.2, 0.25) is 0 Å². The predicted molar refractivity (Wildman–Crippen MR) is 169 cm³/mol. The molecule has 0 saturated heterocycles. The van der Waals surface area contributed by atoms with Crippen molar-refractivity contribution in [3.8, 4) is 45.6 Å². The van der Waals surface area contributed by atoms with Crippen LogP contribution in [0.1, 0.15) is 0 Å². The van der Waals surface area contributed by atoms with Gasteiger partial charge in [0.1, 0.15) is 22.6 Å². The van der Waals surface area contributed by atoms with Crippen LogP contribution in [0, 0.1) is 0 Å². The summed E-state index contributed by atoms with van der Waals surface area (Å²) in [6.45, 7) is 0.329. The van der Waals surface area contributed by atoms with Crippen LogP contribution in [-0.2, 0) is 0 Å². The third-order valence-electron chi connectivity index (χ3n) is 7.81. The van der Waals surface area contributed by atoms with E-state index in [1.165, 1.54) is 0 Å². The van der Waals surface area contributed by atoms with E-state index in [1.54, 1.807) is 0 Å². The van der Waals surface area contributed by atoms with Crippen LogP contribution in [0.2, 0.25) is 0 Å². The fourth-order valence-electron chi connectivity index (χ4n) is 5.87. The normalized spacial score (nSPS) is 11.9. The maximum Gasteiger partial charge on any atom is 0.266 e. The highest BCUT2D eigenvalue weighted by atomic mass is 35.5. The number of fused-ring (bicyclic) bond motifs is 20. The van der Waals surface area contributed by atoms with Crippen molar-refractivity contribution < 1.29 is 0 Å². The summed E-state index contributed by atoms with van der Waals surface area (Å²) < 4.78 is 0. The molecular weight excluding hydrogens is 543 g/mol. The molecule has 0 atom stereocenters. The highest BCUT2D eigenvalue weighted by molar-refractivity contribution is 7.02. The molecule has 0 fully saturated rings. The molecule has 0 amide bonds. The van der Waals surface area contributed by atoms with Crippen LogP contribution in [0.3, 0.4) is 0 Å². The fraction of sp³-hybridized carbons (Fsp3) is 0. The molecule has 5 heterocycles. The Morgan fingerprint density at radius 2 is 0.833 bits per heavy atom. The first-order valence-electron chi connectivity index (χ1n) is 13.5. The van der Waals surface area contributed by atoms with Gasteiger partial charge in [-0.15, -0.1) is 0 Å². The topological polar surface area (TPSA) is 109 Å². The van der Waals surface area contributed by atoms with Crippen LogP contribution in [0.5, 0.6) is 0 Å². The molecule has 8 nitrogen and oxygen atoms in total.